The molecule has 43 heavy (non-hydrogen) atoms. The van der Waals surface area contributed by atoms with Gasteiger partial charge in [-0.05, 0) is 63.2 Å². The van der Waals surface area contributed by atoms with Crippen LogP contribution in [0.3, 0.4) is 0 Å². The van der Waals surface area contributed by atoms with Crippen LogP contribution in [-0.4, -0.2) is 81.1 Å². The highest BCUT2D eigenvalue weighted by atomic mass is 35.5. The number of aromatic nitrogens is 1. The third-order valence-electron chi connectivity index (χ3n) is 7.36. The van der Waals surface area contributed by atoms with E-state index in [9.17, 15) is 26.7 Å². The lowest BCUT2D eigenvalue weighted by Gasteiger charge is -2.33. The first kappa shape index (κ1) is 32.7. The number of anilines is 1. The SMILES string of the molecule is Cc1noc(C)c1S(=O)(=O)Nc1ccc2c(c1)CC(=O)N([C@@H](C)CO)C[C@H](C)[C@H](CN(C)S(=O)(=O)c1ccc(Cl)cc1)O2. The molecule has 2 N–H and O–H groups in total. The van der Waals surface area contributed by atoms with E-state index in [1.165, 1.54) is 66.5 Å². The maximum atomic E-state index is 13.5. The molecule has 3 aromatic rings. The number of aliphatic hydroxyl groups is 1. The smallest absolute Gasteiger partial charge is 0.267 e. The fourth-order valence-corrected chi connectivity index (χ4v) is 7.60. The summed E-state index contributed by atoms with van der Waals surface area (Å²) in [5, 5.41) is 14.0. The van der Waals surface area contributed by atoms with Gasteiger partial charge in [0, 0.05) is 35.8 Å². The van der Waals surface area contributed by atoms with Gasteiger partial charge < -0.3 is 19.3 Å². The van der Waals surface area contributed by atoms with Crippen LogP contribution in [0.25, 0.3) is 0 Å². The molecule has 0 unspecified atom stereocenters. The summed E-state index contributed by atoms with van der Waals surface area (Å²) in [6.07, 6.45) is -0.853. The van der Waals surface area contributed by atoms with Gasteiger partial charge in [-0.2, -0.15) is 4.31 Å². The molecule has 2 aromatic carbocycles. The Morgan fingerprint density at radius 2 is 1.84 bits per heavy atom. The summed E-state index contributed by atoms with van der Waals surface area (Å²) >= 11 is 5.94. The Balaban J connectivity index is 1.69. The molecule has 1 aliphatic heterocycles. The van der Waals surface area contributed by atoms with Crippen molar-refractivity contribution in [1.82, 2.24) is 14.4 Å². The van der Waals surface area contributed by atoms with Gasteiger partial charge in [0.1, 0.15) is 17.5 Å². The van der Waals surface area contributed by atoms with Crippen molar-refractivity contribution < 1.29 is 36.0 Å². The Morgan fingerprint density at radius 1 is 1.16 bits per heavy atom. The van der Waals surface area contributed by atoms with E-state index >= 15 is 0 Å². The van der Waals surface area contributed by atoms with Crippen molar-refractivity contribution in [2.45, 2.75) is 56.1 Å². The first-order chi connectivity index (χ1) is 20.1. The predicted octanol–water partition coefficient (Wildman–Crippen LogP) is 3.22. The monoisotopic (exact) mass is 654 g/mol. The van der Waals surface area contributed by atoms with E-state index in [-0.39, 0.29) is 64.9 Å². The van der Waals surface area contributed by atoms with Gasteiger partial charge in [-0.3, -0.25) is 9.52 Å². The average molecular weight is 655 g/mol. The number of sulfonamides is 2. The Morgan fingerprint density at radius 3 is 2.44 bits per heavy atom. The normalized spacial score (nSPS) is 18.8. The van der Waals surface area contributed by atoms with Crippen molar-refractivity contribution in [1.29, 1.82) is 0 Å². The van der Waals surface area contributed by atoms with Gasteiger partial charge >= 0.3 is 0 Å². The molecule has 0 radical (unpaired) electrons. The van der Waals surface area contributed by atoms with Crippen molar-refractivity contribution >= 4 is 43.2 Å². The molecule has 3 atom stereocenters. The summed E-state index contributed by atoms with van der Waals surface area (Å²) in [7, 11) is -6.52. The molecular formula is C28H35ClN4O8S2. The average Bonchev–Trinajstić information content (AvgIpc) is 3.31. The molecule has 234 valence electrons. The predicted molar refractivity (Wildman–Crippen MR) is 160 cm³/mol. The third kappa shape index (κ3) is 7.15. The zero-order valence-corrected chi connectivity index (χ0v) is 26.8. The van der Waals surface area contributed by atoms with Crippen LogP contribution in [0, 0.1) is 19.8 Å². The highest BCUT2D eigenvalue weighted by molar-refractivity contribution is 7.92. The second kappa shape index (κ2) is 12.8. The maximum Gasteiger partial charge on any atom is 0.267 e. The van der Waals surface area contributed by atoms with E-state index in [0.717, 1.165) is 0 Å². The number of benzene rings is 2. The molecule has 0 saturated heterocycles. The molecule has 0 aliphatic carbocycles. The van der Waals surface area contributed by atoms with E-state index in [1.807, 2.05) is 6.92 Å². The number of aryl methyl sites for hydroxylation is 2. The summed E-state index contributed by atoms with van der Waals surface area (Å²) < 4.78 is 68.0. The molecule has 1 amide bonds. The standard InChI is InChI=1S/C28H35ClN4O8S2/c1-17-14-33(18(2)16-34)27(35)13-21-12-23(31-42(36,37)28-19(3)30-41-20(28)4)8-11-25(21)40-26(17)15-32(5)43(38,39)24-9-6-22(29)7-10-24/h6-12,17-18,26,31,34H,13-16H2,1-5H3/t17-,18-,26-/m0/s1. The number of halogens is 1. The van der Waals surface area contributed by atoms with Gasteiger partial charge in [-0.15, -0.1) is 0 Å². The van der Waals surface area contributed by atoms with Crippen LogP contribution in [0.15, 0.2) is 56.8 Å². The van der Waals surface area contributed by atoms with Crippen molar-refractivity contribution in [3.63, 3.8) is 0 Å². The minimum Gasteiger partial charge on any atom is -0.488 e. The van der Waals surface area contributed by atoms with E-state index in [1.54, 1.807) is 13.0 Å². The topological polar surface area (TPSA) is 159 Å². The van der Waals surface area contributed by atoms with Gasteiger partial charge in [-0.25, -0.2) is 16.8 Å². The molecular weight excluding hydrogens is 620 g/mol. The quantitative estimate of drug-likeness (QED) is 0.353. The van der Waals surface area contributed by atoms with Crippen LogP contribution in [0.4, 0.5) is 5.69 Å². The molecule has 0 spiro atoms. The number of carbonyl (C=O) groups excluding carboxylic acids is 1. The van der Waals surface area contributed by atoms with Crippen molar-refractivity contribution in [3.05, 3.63) is 64.5 Å². The number of amides is 1. The van der Waals surface area contributed by atoms with Crippen molar-refractivity contribution in [2.75, 3.05) is 31.5 Å². The number of hydrogen-bond donors (Lipinski definition) is 2. The molecule has 0 bridgehead atoms. The largest absolute Gasteiger partial charge is 0.488 e. The van der Waals surface area contributed by atoms with E-state index < -0.39 is 32.2 Å². The van der Waals surface area contributed by atoms with Crippen LogP contribution in [0.5, 0.6) is 5.75 Å². The lowest BCUT2D eigenvalue weighted by molar-refractivity contribution is -0.134. The molecule has 15 heteroatoms. The Kier molecular flexibility index (Phi) is 9.76. The lowest BCUT2D eigenvalue weighted by Crippen LogP contribution is -2.48. The second-order valence-electron chi connectivity index (χ2n) is 10.7. The number of carbonyl (C=O) groups is 1. The minimum absolute atomic E-state index is 0.0540. The van der Waals surface area contributed by atoms with Crippen molar-refractivity contribution in [3.8, 4) is 5.75 Å². The van der Waals surface area contributed by atoms with Crippen LogP contribution in [-0.2, 0) is 31.3 Å². The molecule has 1 aliphatic rings. The molecule has 2 heterocycles. The molecule has 4 rings (SSSR count). The number of hydrogen-bond acceptors (Lipinski definition) is 9. The number of likely N-dealkylation sites (N-methyl/N-ethyl adjacent to an activating group) is 1. The fourth-order valence-electron chi connectivity index (χ4n) is 4.91. The molecule has 0 saturated carbocycles. The van der Waals surface area contributed by atoms with Crippen LogP contribution in [0.1, 0.15) is 30.9 Å². The van der Waals surface area contributed by atoms with Crippen molar-refractivity contribution in [2.24, 2.45) is 5.92 Å². The van der Waals surface area contributed by atoms with E-state index in [0.29, 0.717) is 16.3 Å². The zero-order valence-electron chi connectivity index (χ0n) is 24.4. The van der Waals surface area contributed by atoms with E-state index in [2.05, 4.69) is 9.88 Å². The number of rotatable bonds is 9. The maximum absolute atomic E-state index is 13.5. The Bertz CT molecular complexity index is 1670. The summed E-state index contributed by atoms with van der Waals surface area (Å²) in [6, 6.07) is 9.87. The molecule has 12 nitrogen and oxygen atoms in total. The van der Waals surface area contributed by atoms with E-state index in [4.69, 9.17) is 20.9 Å². The number of ether oxygens (including phenoxy) is 1. The Hall–Kier alpha value is -3.17. The number of nitrogens with one attached hydrogen (secondary N) is 1. The fraction of sp³-hybridized carbons (Fsp3) is 0.429. The van der Waals surface area contributed by atoms with Crippen LogP contribution < -0.4 is 9.46 Å². The van der Waals surface area contributed by atoms with Gasteiger partial charge in [0.25, 0.3) is 10.0 Å². The van der Waals surface area contributed by atoms with Gasteiger partial charge in [0.15, 0.2) is 10.7 Å². The molecule has 1 aromatic heterocycles. The molecule has 0 fully saturated rings. The second-order valence-corrected chi connectivity index (χ2v) is 14.8. The summed E-state index contributed by atoms with van der Waals surface area (Å²) in [6.45, 7) is 6.43. The van der Waals surface area contributed by atoms with Gasteiger partial charge in [0.05, 0.1) is 30.5 Å². The first-order valence-electron chi connectivity index (χ1n) is 13.5. The lowest BCUT2D eigenvalue weighted by atomic mass is 10.0. The Labute approximate surface area is 256 Å². The van der Waals surface area contributed by atoms with Gasteiger partial charge in [-0.1, -0.05) is 23.7 Å². The summed E-state index contributed by atoms with van der Waals surface area (Å²) in [4.78, 5) is 15.0. The minimum atomic E-state index is -4.06. The first-order valence-corrected chi connectivity index (χ1v) is 16.8. The van der Waals surface area contributed by atoms with Crippen LogP contribution >= 0.6 is 11.6 Å². The summed E-state index contributed by atoms with van der Waals surface area (Å²) in [5.74, 6) is -0.216. The third-order valence-corrected chi connectivity index (χ3v) is 11.1. The number of fused-ring (bicyclic) bond motifs is 1. The highest BCUT2D eigenvalue weighted by Gasteiger charge is 2.34. The van der Waals surface area contributed by atoms with Crippen LogP contribution in [0.2, 0.25) is 5.02 Å². The number of nitrogens with zero attached hydrogens (tertiary/aromatic N) is 3. The zero-order chi connectivity index (χ0) is 31.7. The highest BCUT2D eigenvalue weighted by Crippen LogP contribution is 2.31. The summed E-state index contributed by atoms with van der Waals surface area (Å²) in [5.41, 5.74) is 0.777. The number of aliphatic hydroxyl groups excluding tert-OH is 1. The van der Waals surface area contributed by atoms with Gasteiger partial charge in [0.2, 0.25) is 15.9 Å².